The summed E-state index contributed by atoms with van der Waals surface area (Å²) in [6.07, 6.45) is 0.862. The van der Waals surface area contributed by atoms with Crippen LogP contribution in [-0.2, 0) is 13.0 Å². The third-order valence-corrected chi connectivity index (χ3v) is 3.34. The quantitative estimate of drug-likeness (QED) is 0.881. The predicted molar refractivity (Wildman–Crippen MR) is 72.6 cm³/mol. The minimum absolute atomic E-state index is 0.629. The Morgan fingerprint density at radius 2 is 2.18 bits per heavy atom. The first-order valence-corrected chi connectivity index (χ1v) is 6.67. The molecule has 0 radical (unpaired) electrons. The zero-order valence-electron chi connectivity index (χ0n) is 9.98. The van der Waals surface area contributed by atoms with Crippen LogP contribution in [0.5, 0.6) is 5.75 Å². The zero-order valence-corrected chi connectivity index (χ0v) is 10.8. The van der Waals surface area contributed by atoms with Gasteiger partial charge in [0.1, 0.15) is 12.4 Å². The molecule has 3 heteroatoms. The third-order valence-electron chi connectivity index (χ3n) is 2.60. The van der Waals surface area contributed by atoms with Gasteiger partial charge in [0.2, 0.25) is 0 Å². The molecule has 0 aliphatic rings. The summed E-state index contributed by atoms with van der Waals surface area (Å²) in [5.41, 5.74) is 9.28. The molecule has 0 atom stereocenters. The van der Waals surface area contributed by atoms with Crippen LogP contribution in [0.25, 0.3) is 0 Å². The Labute approximate surface area is 106 Å². The van der Waals surface area contributed by atoms with Crippen LogP contribution in [0.1, 0.15) is 16.7 Å². The van der Waals surface area contributed by atoms with Gasteiger partial charge in [-0.15, -0.1) is 0 Å². The van der Waals surface area contributed by atoms with Crippen LogP contribution in [0, 0.1) is 6.92 Å². The maximum Gasteiger partial charge on any atom is 0.123 e. The van der Waals surface area contributed by atoms with Crippen molar-refractivity contribution < 1.29 is 4.74 Å². The summed E-state index contributed by atoms with van der Waals surface area (Å²) < 4.78 is 5.84. The second-order valence-electron chi connectivity index (χ2n) is 4.07. The standard InChI is InChI=1S/C14H17NOS/c1-11-2-3-14(13(8-11)4-6-15)16-9-12-5-7-17-10-12/h2-3,5,7-8,10H,4,6,9,15H2,1H3. The summed E-state index contributed by atoms with van der Waals surface area (Å²) in [7, 11) is 0. The predicted octanol–water partition coefficient (Wildman–Crippen LogP) is 3.14. The molecule has 1 aromatic carbocycles. The Morgan fingerprint density at radius 1 is 1.29 bits per heavy atom. The summed E-state index contributed by atoms with van der Waals surface area (Å²) >= 11 is 1.69. The van der Waals surface area contributed by atoms with Crippen LogP contribution in [-0.4, -0.2) is 6.54 Å². The molecule has 0 saturated heterocycles. The van der Waals surface area contributed by atoms with Crippen molar-refractivity contribution in [1.82, 2.24) is 0 Å². The molecular formula is C14H17NOS. The summed E-state index contributed by atoms with van der Waals surface area (Å²) in [5.74, 6) is 0.951. The van der Waals surface area contributed by atoms with E-state index in [1.807, 2.05) is 6.07 Å². The number of ether oxygens (including phenoxy) is 1. The van der Waals surface area contributed by atoms with Crippen molar-refractivity contribution in [3.8, 4) is 5.75 Å². The van der Waals surface area contributed by atoms with Gasteiger partial charge in [-0.2, -0.15) is 11.3 Å². The van der Waals surface area contributed by atoms with E-state index >= 15 is 0 Å². The molecule has 1 heterocycles. The van der Waals surface area contributed by atoms with Crippen molar-refractivity contribution in [3.05, 3.63) is 51.7 Å². The average molecular weight is 247 g/mol. The highest BCUT2D eigenvalue weighted by Gasteiger charge is 2.04. The van der Waals surface area contributed by atoms with Crippen molar-refractivity contribution in [1.29, 1.82) is 0 Å². The minimum Gasteiger partial charge on any atom is -0.489 e. The highest BCUT2D eigenvalue weighted by atomic mass is 32.1. The number of aryl methyl sites for hydroxylation is 1. The largest absolute Gasteiger partial charge is 0.489 e. The maximum absolute atomic E-state index is 5.84. The molecule has 1 aromatic heterocycles. The number of thiophene rings is 1. The lowest BCUT2D eigenvalue weighted by Gasteiger charge is -2.11. The smallest absolute Gasteiger partial charge is 0.123 e. The van der Waals surface area contributed by atoms with Gasteiger partial charge in [-0.05, 0) is 53.9 Å². The van der Waals surface area contributed by atoms with E-state index < -0.39 is 0 Å². The lowest BCUT2D eigenvalue weighted by atomic mass is 10.1. The Balaban J connectivity index is 2.08. The first kappa shape index (κ1) is 12.1. The normalized spacial score (nSPS) is 10.5. The summed E-state index contributed by atoms with van der Waals surface area (Å²) in [6, 6.07) is 8.34. The highest BCUT2D eigenvalue weighted by molar-refractivity contribution is 7.07. The van der Waals surface area contributed by atoms with E-state index in [2.05, 4.69) is 35.9 Å². The first-order valence-electron chi connectivity index (χ1n) is 5.73. The Hall–Kier alpha value is -1.32. The van der Waals surface area contributed by atoms with Gasteiger partial charge in [0.05, 0.1) is 0 Å². The minimum atomic E-state index is 0.629. The fourth-order valence-electron chi connectivity index (χ4n) is 1.74. The van der Waals surface area contributed by atoms with E-state index in [1.165, 1.54) is 16.7 Å². The summed E-state index contributed by atoms with van der Waals surface area (Å²) in [4.78, 5) is 0. The molecule has 2 aromatic rings. The van der Waals surface area contributed by atoms with Crippen molar-refractivity contribution >= 4 is 11.3 Å². The second-order valence-corrected chi connectivity index (χ2v) is 4.85. The van der Waals surface area contributed by atoms with Crippen LogP contribution in [0.3, 0.4) is 0 Å². The van der Waals surface area contributed by atoms with Gasteiger partial charge in [0, 0.05) is 0 Å². The van der Waals surface area contributed by atoms with Gasteiger partial charge in [-0.25, -0.2) is 0 Å². The lowest BCUT2D eigenvalue weighted by Crippen LogP contribution is -2.05. The maximum atomic E-state index is 5.84. The SMILES string of the molecule is Cc1ccc(OCc2ccsc2)c(CCN)c1. The van der Waals surface area contributed by atoms with E-state index in [0.717, 1.165) is 12.2 Å². The molecule has 90 valence electrons. The molecule has 0 amide bonds. The summed E-state index contributed by atoms with van der Waals surface area (Å²) in [6.45, 7) is 3.37. The van der Waals surface area contributed by atoms with Crippen LogP contribution < -0.4 is 10.5 Å². The molecule has 0 bridgehead atoms. The van der Waals surface area contributed by atoms with E-state index in [0.29, 0.717) is 13.2 Å². The van der Waals surface area contributed by atoms with E-state index in [-0.39, 0.29) is 0 Å². The molecule has 0 spiro atoms. The second kappa shape index (κ2) is 5.84. The van der Waals surface area contributed by atoms with Crippen LogP contribution in [0.15, 0.2) is 35.0 Å². The topological polar surface area (TPSA) is 35.2 Å². The molecule has 0 saturated carbocycles. The first-order chi connectivity index (χ1) is 8.29. The Bertz CT molecular complexity index is 465. The molecule has 0 aliphatic carbocycles. The lowest BCUT2D eigenvalue weighted by molar-refractivity contribution is 0.303. The Kier molecular flexibility index (Phi) is 4.18. The molecular weight excluding hydrogens is 230 g/mol. The van der Waals surface area contributed by atoms with Crippen LogP contribution in [0.2, 0.25) is 0 Å². The van der Waals surface area contributed by atoms with Crippen LogP contribution in [0.4, 0.5) is 0 Å². The highest BCUT2D eigenvalue weighted by Crippen LogP contribution is 2.22. The van der Waals surface area contributed by atoms with Gasteiger partial charge in [0.25, 0.3) is 0 Å². The van der Waals surface area contributed by atoms with Gasteiger partial charge in [-0.1, -0.05) is 17.7 Å². The molecule has 0 aliphatic heterocycles. The van der Waals surface area contributed by atoms with Crippen molar-refractivity contribution in [3.63, 3.8) is 0 Å². The van der Waals surface area contributed by atoms with Crippen molar-refractivity contribution in [2.45, 2.75) is 20.0 Å². The molecule has 0 fully saturated rings. The number of nitrogens with two attached hydrogens (primary N) is 1. The molecule has 2 rings (SSSR count). The van der Waals surface area contributed by atoms with Crippen molar-refractivity contribution in [2.24, 2.45) is 5.73 Å². The average Bonchev–Trinajstić information content (AvgIpc) is 2.81. The molecule has 0 unspecified atom stereocenters. The number of hydrogen-bond acceptors (Lipinski definition) is 3. The van der Waals surface area contributed by atoms with Gasteiger partial charge >= 0.3 is 0 Å². The third kappa shape index (κ3) is 3.32. The van der Waals surface area contributed by atoms with Gasteiger partial charge in [-0.3, -0.25) is 0 Å². The van der Waals surface area contributed by atoms with Gasteiger partial charge < -0.3 is 10.5 Å². The fourth-order valence-corrected chi connectivity index (χ4v) is 2.39. The van der Waals surface area contributed by atoms with E-state index in [9.17, 15) is 0 Å². The molecule has 17 heavy (non-hydrogen) atoms. The van der Waals surface area contributed by atoms with E-state index in [4.69, 9.17) is 10.5 Å². The van der Waals surface area contributed by atoms with E-state index in [1.54, 1.807) is 11.3 Å². The number of hydrogen-bond donors (Lipinski definition) is 1. The number of rotatable bonds is 5. The van der Waals surface area contributed by atoms with Crippen molar-refractivity contribution in [2.75, 3.05) is 6.54 Å². The number of benzene rings is 1. The fraction of sp³-hybridized carbons (Fsp3) is 0.286. The molecule has 2 nitrogen and oxygen atoms in total. The zero-order chi connectivity index (χ0) is 12.1. The summed E-state index contributed by atoms with van der Waals surface area (Å²) in [5, 5.41) is 4.17. The molecule has 2 N–H and O–H groups in total. The Morgan fingerprint density at radius 3 is 2.88 bits per heavy atom. The monoisotopic (exact) mass is 247 g/mol. The van der Waals surface area contributed by atoms with Gasteiger partial charge in [0.15, 0.2) is 0 Å². The van der Waals surface area contributed by atoms with Crippen LogP contribution >= 0.6 is 11.3 Å².